The van der Waals surface area contributed by atoms with E-state index < -0.39 is 0 Å². The number of halogens is 1. The van der Waals surface area contributed by atoms with E-state index in [-0.39, 0.29) is 24.0 Å². The number of ether oxygens (including phenoxy) is 4. The molecule has 0 aliphatic carbocycles. The molecule has 2 heterocycles. The molecule has 3 rings (SSSR count). The lowest BCUT2D eigenvalue weighted by molar-refractivity contribution is 0.0536. The third kappa shape index (κ3) is 6.66. The molecule has 8 heteroatoms. The quantitative estimate of drug-likeness (QED) is 0.241. The van der Waals surface area contributed by atoms with Crippen LogP contribution in [0.2, 0.25) is 0 Å². The molecule has 0 amide bonds. The summed E-state index contributed by atoms with van der Waals surface area (Å²) in [7, 11) is 1.70. The van der Waals surface area contributed by atoms with Gasteiger partial charge in [-0.15, -0.1) is 24.0 Å². The molecular formula is C20H32IN3O4. The van der Waals surface area contributed by atoms with Crippen LogP contribution in [-0.4, -0.2) is 70.8 Å². The molecular weight excluding hydrogens is 473 g/mol. The molecule has 1 unspecified atom stereocenters. The number of hydrogen-bond acceptors (Lipinski definition) is 5. The molecule has 0 radical (unpaired) electrons. The van der Waals surface area contributed by atoms with Crippen molar-refractivity contribution in [1.29, 1.82) is 0 Å². The van der Waals surface area contributed by atoms with Crippen LogP contribution in [-0.2, 0) is 15.9 Å². The Bertz CT molecular complexity index is 629. The topological polar surface area (TPSA) is 64.6 Å². The van der Waals surface area contributed by atoms with E-state index in [1.54, 1.807) is 7.11 Å². The molecule has 1 aromatic rings. The van der Waals surface area contributed by atoms with E-state index in [1.165, 1.54) is 5.56 Å². The van der Waals surface area contributed by atoms with Crippen LogP contribution in [0.15, 0.2) is 23.2 Å². The van der Waals surface area contributed by atoms with Gasteiger partial charge >= 0.3 is 0 Å². The molecule has 2 aliphatic heterocycles. The Morgan fingerprint density at radius 3 is 2.96 bits per heavy atom. The van der Waals surface area contributed by atoms with Crippen molar-refractivity contribution < 1.29 is 18.9 Å². The molecule has 7 nitrogen and oxygen atoms in total. The fourth-order valence-electron chi connectivity index (χ4n) is 3.37. The minimum Gasteiger partial charge on any atom is -0.454 e. The van der Waals surface area contributed by atoms with Gasteiger partial charge in [-0.05, 0) is 37.5 Å². The summed E-state index contributed by atoms with van der Waals surface area (Å²) in [6, 6.07) is 6.11. The van der Waals surface area contributed by atoms with Gasteiger partial charge in [-0.25, -0.2) is 0 Å². The fraction of sp³-hybridized carbons (Fsp3) is 0.650. The molecule has 2 aliphatic rings. The summed E-state index contributed by atoms with van der Waals surface area (Å²) in [6.07, 6.45) is 2.02. The normalized spacial score (nSPS) is 18.3. The second-order valence-electron chi connectivity index (χ2n) is 6.84. The number of aliphatic imine (C=N–C) groups is 1. The van der Waals surface area contributed by atoms with Crippen molar-refractivity contribution in [3.05, 3.63) is 23.8 Å². The first-order valence-electron chi connectivity index (χ1n) is 9.78. The molecule has 0 bridgehead atoms. The van der Waals surface area contributed by atoms with Gasteiger partial charge in [-0.2, -0.15) is 0 Å². The second kappa shape index (κ2) is 12.3. The standard InChI is InChI=1S/C20H31N3O4.HI/c1-3-21-20(23-9-7-17(13-23)14-25-11-10-24-2)22-8-6-16-4-5-18-19(12-16)27-15-26-18;/h4-5,12,17H,3,6-11,13-15H2,1-2H3,(H,21,22);1H. The fourth-order valence-corrected chi connectivity index (χ4v) is 3.37. The lowest BCUT2D eigenvalue weighted by Crippen LogP contribution is -2.40. The molecule has 0 aromatic heterocycles. The third-order valence-electron chi connectivity index (χ3n) is 4.80. The highest BCUT2D eigenvalue weighted by molar-refractivity contribution is 14.0. The molecule has 1 N–H and O–H groups in total. The zero-order chi connectivity index (χ0) is 18.9. The Morgan fingerprint density at radius 2 is 2.14 bits per heavy atom. The molecule has 28 heavy (non-hydrogen) atoms. The number of nitrogens with one attached hydrogen (secondary N) is 1. The van der Waals surface area contributed by atoms with E-state index in [4.69, 9.17) is 23.9 Å². The Kier molecular flexibility index (Phi) is 10.1. The second-order valence-corrected chi connectivity index (χ2v) is 6.84. The molecule has 0 spiro atoms. The van der Waals surface area contributed by atoms with Gasteiger partial charge < -0.3 is 29.2 Å². The first kappa shape index (κ1) is 23.0. The smallest absolute Gasteiger partial charge is 0.231 e. The number of fused-ring (bicyclic) bond motifs is 1. The van der Waals surface area contributed by atoms with Crippen LogP contribution in [0.3, 0.4) is 0 Å². The maximum atomic E-state index is 5.69. The van der Waals surface area contributed by atoms with E-state index >= 15 is 0 Å². The van der Waals surface area contributed by atoms with Crippen molar-refractivity contribution in [2.75, 3.05) is 59.9 Å². The van der Waals surface area contributed by atoms with E-state index in [1.807, 2.05) is 12.1 Å². The highest BCUT2D eigenvalue weighted by atomic mass is 127. The maximum absolute atomic E-state index is 5.69. The van der Waals surface area contributed by atoms with Crippen LogP contribution < -0.4 is 14.8 Å². The minimum absolute atomic E-state index is 0. The van der Waals surface area contributed by atoms with Crippen molar-refractivity contribution in [2.45, 2.75) is 19.8 Å². The van der Waals surface area contributed by atoms with Crippen LogP contribution >= 0.6 is 24.0 Å². The van der Waals surface area contributed by atoms with Gasteiger partial charge in [0.25, 0.3) is 0 Å². The Morgan fingerprint density at radius 1 is 1.29 bits per heavy atom. The van der Waals surface area contributed by atoms with Crippen LogP contribution in [0.25, 0.3) is 0 Å². The average Bonchev–Trinajstić information content (AvgIpc) is 3.33. The van der Waals surface area contributed by atoms with Crippen molar-refractivity contribution in [3.63, 3.8) is 0 Å². The lowest BCUT2D eigenvalue weighted by atomic mass is 10.1. The van der Waals surface area contributed by atoms with Crippen molar-refractivity contribution in [3.8, 4) is 11.5 Å². The summed E-state index contributed by atoms with van der Waals surface area (Å²) in [4.78, 5) is 7.17. The molecule has 1 saturated heterocycles. The van der Waals surface area contributed by atoms with E-state index in [0.717, 1.165) is 63.1 Å². The lowest BCUT2D eigenvalue weighted by Gasteiger charge is -2.21. The summed E-state index contributed by atoms with van der Waals surface area (Å²) in [6.45, 7) is 8.15. The van der Waals surface area contributed by atoms with Gasteiger partial charge in [-0.3, -0.25) is 4.99 Å². The number of guanidine groups is 1. The van der Waals surface area contributed by atoms with Crippen LogP contribution in [0.1, 0.15) is 18.9 Å². The highest BCUT2D eigenvalue weighted by Crippen LogP contribution is 2.32. The van der Waals surface area contributed by atoms with Gasteiger partial charge in [0.1, 0.15) is 0 Å². The van der Waals surface area contributed by atoms with Crippen LogP contribution in [0.5, 0.6) is 11.5 Å². The van der Waals surface area contributed by atoms with Crippen LogP contribution in [0, 0.1) is 5.92 Å². The summed E-state index contributed by atoms with van der Waals surface area (Å²) >= 11 is 0. The predicted octanol–water partition coefficient (Wildman–Crippen LogP) is 2.53. The van der Waals surface area contributed by atoms with E-state index in [9.17, 15) is 0 Å². The molecule has 1 fully saturated rings. The van der Waals surface area contributed by atoms with Gasteiger partial charge in [-0.1, -0.05) is 6.07 Å². The highest BCUT2D eigenvalue weighted by Gasteiger charge is 2.25. The van der Waals surface area contributed by atoms with Crippen molar-refractivity contribution >= 4 is 29.9 Å². The van der Waals surface area contributed by atoms with Gasteiger partial charge in [0.15, 0.2) is 17.5 Å². The molecule has 0 saturated carbocycles. The summed E-state index contributed by atoms with van der Waals surface area (Å²) in [5.41, 5.74) is 1.21. The number of nitrogens with zero attached hydrogens (tertiary/aromatic N) is 2. The number of likely N-dealkylation sites (tertiary alicyclic amines) is 1. The number of methoxy groups -OCH3 is 1. The van der Waals surface area contributed by atoms with Gasteiger partial charge in [0.2, 0.25) is 6.79 Å². The Balaban J connectivity index is 0.00000280. The molecule has 1 aromatic carbocycles. The first-order chi connectivity index (χ1) is 13.3. The Hall–Kier alpha value is -1.26. The molecule has 1 atom stereocenters. The first-order valence-corrected chi connectivity index (χ1v) is 9.78. The summed E-state index contributed by atoms with van der Waals surface area (Å²) in [5, 5.41) is 3.42. The van der Waals surface area contributed by atoms with Gasteiger partial charge in [0.05, 0.1) is 19.8 Å². The Labute approximate surface area is 184 Å². The minimum atomic E-state index is 0. The zero-order valence-electron chi connectivity index (χ0n) is 16.8. The van der Waals surface area contributed by atoms with Crippen molar-refractivity contribution in [2.24, 2.45) is 10.9 Å². The zero-order valence-corrected chi connectivity index (χ0v) is 19.1. The molecule has 158 valence electrons. The predicted molar refractivity (Wildman–Crippen MR) is 120 cm³/mol. The summed E-state index contributed by atoms with van der Waals surface area (Å²) < 4.78 is 21.5. The number of hydrogen-bond donors (Lipinski definition) is 1. The number of rotatable bonds is 9. The maximum Gasteiger partial charge on any atom is 0.231 e. The van der Waals surface area contributed by atoms with Crippen LogP contribution in [0.4, 0.5) is 0 Å². The number of benzene rings is 1. The van der Waals surface area contributed by atoms with E-state index in [0.29, 0.717) is 25.9 Å². The van der Waals surface area contributed by atoms with Gasteiger partial charge in [0, 0.05) is 39.2 Å². The third-order valence-corrected chi connectivity index (χ3v) is 4.80. The SMILES string of the molecule is CCNC(=NCCc1ccc2c(c1)OCO2)N1CCC(COCCOC)C1.I. The van der Waals surface area contributed by atoms with Crippen molar-refractivity contribution in [1.82, 2.24) is 10.2 Å². The summed E-state index contributed by atoms with van der Waals surface area (Å²) in [5.74, 6) is 3.21. The monoisotopic (exact) mass is 505 g/mol. The largest absolute Gasteiger partial charge is 0.454 e. The van der Waals surface area contributed by atoms with E-state index in [2.05, 4.69) is 23.2 Å². The average molecular weight is 505 g/mol.